The summed E-state index contributed by atoms with van der Waals surface area (Å²) in [6.45, 7) is 7.15. The molecule has 5 heteroatoms. The molecule has 1 fully saturated rings. The number of nitrogens with two attached hydrogens (primary N) is 1. The fourth-order valence-corrected chi connectivity index (χ4v) is 2.23. The van der Waals surface area contributed by atoms with E-state index < -0.39 is 0 Å². The van der Waals surface area contributed by atoms with Crippen LogP contribution in [0.15, 0.2) is 41.4 Å². The molecule has 1 saturated carbocycles. The maximum atomic E-state index is 6.04. The van der Waals surface area contributed by atoms with Gasteiger partial charge in [-0.25, -0.2) is 0 Å². The lowest BCUT2D eigenvalue weighted by molar-refractivity contribution is 0.701. The van der Waals surface area contributed by atoms with E-state index in [9.17, 15) is 0 Å². The highest BCUT2D eigenvalue weighted by molar-refractivity contribution is 14.0. The summed E-state index contributed by atoms with van der Waals surface area (Å²) in [6, 6.07) is 8.03. The topological polar surface area (TPSA) is 50.4 Å². The summed E-state index contributed by atoms with van der Waals surface area (Å²) in [5.74, 6) is 0.483. The summed E-state index contributed by atoms with van der Waals surface area (Å²) in [5, 5.41) is 3.83. The van der Waals surface area contributed by atoms with Gasteiger partial charge in [-0.1, -0.05) is 35.9 Å². The van der Waals surface area contributed by atoms with Crippen LogP contribution < -0.4 is 11.1 Å². The molecular weight excluding hydrogens is 385 g/mol. The van der Waals surface area contributed by atoms with Crippen molar-refractivity contribution in [3.63, 3.8) is 0 Å². The zero-order chi connectivity index (χ0) is 13.9. The van der Waals surface area contributed by atoms with E-state index in [1.54, 1.807) is 0 Å². The van der Waals surface area contributed by atoms with Gasteiger partial charge in [0.1, 0.15) is 0 Å². The van der Waals surface area contributed by atoms with Gasteiger partial charge in [0.25, 0.3) is 0 Å². The van der Waals surface area contributed by atoms with Gasteiger partial charge in [0.05, 0.1) is 6.54 Å². The summed E-state index contributed by atoms with van der Waals surface area (Å²) < 4.78 is 0. The number of hydrogen-bond acceptors (Lipinski definition) is 1. The van der Waals surface area contributed by atoms with Crippen LogP contribution in [-0.2, 0) is 5.41 Å². The Hall–Kier alpha value is -0.750. The lowest BCUT2D eigenvalue weighted by Gasteiger charge is -2.14. The minimum absolute atomic E-state index is 0. The first-order valence-corrected chi connectivity index (χ1v) is 6.84. The third-order valence-corrected chi connectivity index (χ3v) is 3.65. The maximum absolute atomic E-state index is 6.04. The van der Waals surface area contributed by atoms with Crippen LogP contribution in [0.1, 0.15) is 25.3 Å². The molecule has 0 bridgehead atoms. The Morgan fingerprint density at radius 1 is 1.50 bits per heavy atom. The number of nitrogens with one attached hydrogen (secondary N) is 1. The number of benzene rings is 1. The van der Waals surface area contributed by atoms with Crippen molar-refractivity contribution < 1.29 is 0 Å². The molecule has 1 aliphatic carbocycles. The van der Waals surface area contributed by atoms with Crippen molar-refractivity contribution in [3.05, 3.63) is 47.0 Å². The van der Waals surface area contributed by atoms with Crippen molar-refractivity contribution in [1.29, 1.82) is 0 Å². The molecule has 0 amide bonds. The molecule has 1 aromatic rings. The van der Waals surface area contributed by atoms with Crippen LogP contribution >= 0.6 is 35.6 Å². The van der Waals surface area contributed by atoms with Crippen molar-refractivity contribution in [2.24, 2.45) is 10.7 Å². The van der Waals surface area contributed by atoms with Crippen LogP contribution in [0.2, 0.25) is 5.02 Å². The number of hydrogen-bond donors (Lipinski definition) is 2. The van der Waals surface area contributed by atoms with Gasteiger partial charge in [0.15, 0.2) is 5.96 Å². The van der Waals surface area contributed by atoms with Crippen LogP contribution in [-0.4, -0.2) is 19.0 Å². The second-order valence-corrected chi connectivity index (χ2v) is 5.74. The third-order valence-electron chi connectivity index (χ3n) is 3.41. The molecule has 0 aliphatic heterocycles. The quantitative estimate of drug-likeness (QED) is 0.341. The summed E-state index contributed by atoms with van der Waals surface area (Å²) in [7, 11) is 0. The number of rotatable bonds is 5. The van der Waals surface area contributed by atoms with Crippen LogP contribution in [0.5, 0.6) is 0 Å². The van der Waals surface area contributed by atoms with Crippen LogP contribution in [0.3, 0.4) is 0 Å². The fraction of sp³-hybridized carbons (Fsp3) is 0.400. The van der Waals surface area contributed by atoms with Crippen molar-refractivity contribution >= 4 is 41.5 Å². The van der Waals surface area contributed by atoms with E-state index in [-0.39, 0.29) is 29.4 Å². The van der Waals surface area contributed by atoms with Gasteiger partial charge in [0, 0.05) is 17.0 Å². The van der Waals surface area contributed by atoms with E-state index in [1.165, 1.54) is 5.56 Å². The maximum Gasteiger partial charge on any atom is 0.188 e. The molecule has 0 atom stereocenters. The Kier molecular flexibility index (Phi) is 6.33. The van der Waals surface area contributed by atoms with Gasteiger partial charge >= 0.3 is 0 Å². The van der Waals surface area contributed by atoms with Gasteiger partial charge in [-0.05, 0) is 37.5 Å². The zero-order valence-corrected chi connectivity index (χ0v) is 14.7. The predicted octanol–water partition coefficient (Wildman–Crippen LogP) is 3.47. The summed E-state index contributed by atoms with van der Waals surface area (Å²) >= 11 is 6.04. The molecule has 0 spiro atoms. The largest absolute Gasteiger partial charge is 0.370 e. The standard InChI is InChI=1S/C15H20ClN3.HI/c1-11(2)9-18-14(17)19-10-15(6-7-15)12-4-3-5-13(16)8-12;/h3-5,8H,1,6-7,9-10H2,2H3,(H3,17,18,19);1H. The Morgan fingerprint density at radius 3 is 2.75 bits per heavy atom. The van der Waals surface area contributed by atoms with Gasteiger partial charge < -0.3 is 11.1 Å². The third kappa shape index (κ3) is 4.66. The molecule has 0 unspecified atom stereocenters. The van der Waals surface area contributed by atoms with Gasteiger partial charge in [-0.3, -0.25) is 4.99 Å². The minimum atomic E-state index is 0. The highest BCUT2D eigenvalue weighted by atomic mass is 127. The Labute approximate surface area is 142 Å². The molecule has 1 aliphatic rings. The second kappa shape index (κ2) is 7.31. The first-order valence-electron chi connectivity index (χ1n) is 6.46. The summed E-state index contributed by atoms with van der Waals surface area (Å²) in [6.07, 6.45) is 2.29. The molecule has 1 aromatic carbocycles. The van der Waals surface area contributed by atoms with Crippen LogP contribution in [0.25, 0.3) is 0 Å². The van der Waals surface area contributed by atoms with E-state index >= 15 is 0 Å². The minimum Gasteiger partial charge on any atom is -0.370 e. The number of nitrogens with zero attached hydrogens (tertiary/aromatic N) is 1. The van der Waals surface area contributed by atoms with E-state index in [0.29, 0.717) is 19.0 Å². The molecule has 0 heterocycles. The van der Waals surface area contributed by atoms with Crippen molar-refractivity contribution in [2.75, 3.05) is 13.1 Å². The highest BCUT2D eigenvalue weighted by Gasteiger charge is 2.44. The monoisotopic (exact) mass is 405 g/mol. The molecule has 0 saturated heterocycles. The normalized spacial score (nSPS) is 16.2. The van der Waals surface area contributed by atoms with E-state index in [4.69, 9.17) is 17.3 Å². The molecule has 2 rings (SSSR count). The number of aliphatic imine (C=N–C) groups is 1. The smallest absolute Gasteiger partial charge is 0.188 e. The van der Waals surface area contributed by atoms with Gasteiger partial charge in [-0.2, -0.15) is 0 Å². The zero-order valence-electron chi connectivity index (χ0n) is 11.7. The lowest BCUT2D eigenvalue weighted by atomic mass is 9.96. The molecule has 0 radical (unpaired) electrons. The van der Waals surface area contributed by atoms with Crippen LogP contribution in [0, 0.1) is 0 Å². The molecule has 3 N–H and O–H groups in total. The second-order valence-electron chi connectivity index (χ2n) is 5.30. The Balaban J connectivity index is 0.00000200. The van der Waals surface area contributed by atoms with Gasteiger partial charge in [0.2, 0.25) is 0 Å². The van der Waals surface area contributed by atoms with E-state index in [0.717, 1.165) is 23.4 Å². The Morgan fingerprint density at radius 2 is 2.20 bits per heavy atom. The van der Waals surface area contributed by atoms with Crippen molar-refractivity contribution in [2.45, 2.75) is 25.2 Å². The SMILES string of the molecule is C=C(C)CNC(N)=NCC1(c2cccc(Cl)c2)CC1.I. The predicted molar refractivity (Wildman–Crippen MR) is 97.1 cm³/mol. The van der Waals surface area contributed by atoms with E-state index in [1.807, 2.05) is 25.1 Å². The average Bonchev–Trinajstić information content (AvgIpc) is 3.15. The molecule has 20 heavy (non-hydrogen) atoms. The molecule has 110 valence electrons. The molecule has 0 aromatic heterocycles. The van der Waals surface area contributed by atoms with E-state index in [2.05, 4.69) is 23.0 Å². The van der Waals surface area contributed by atoms with Crippen molar-refractivity contribution in [1.82, 2.24) is 5.32 Å². The van der Waals surface area contributed by atoms with Crippen molar-refractivity contribution in [3.8, 4) is 0 Å². The highest BCUT2D eigenvalue weighted by Crippen LogP contribution is 2.48. The first kappa shape index (κ1) is 17.3. The fourth-order valence-electron chi connectivity index (χ4n) is 2.04. The van der Waals surface area contributed by atoms with Gasteiger partial charge in [-0.15, -0.1) is 24.0 Å². The number of guanidine groups is 1. The lowest BCUT2D eigenvalue weighted by Crippen LogP contribution is -2.33. The first-order chi connectivity index (χ1) is 9.02. The summed E-state index contributed by atoms with van der Waals surface area (Å²) in [4.78, 5) is 4.44. The summed E-state index contributed by atoms with van der Waals surface area (Å²) in [5.41, 5.74) is 8.27. The molecular formula is C15H21ClIN3. The molecule has 3 nitrogen and oxygen atoms in total. The van der Waals surface area contributed by atoms with Crippen LogP contribution in [0.4, 0.5) is 0 Å². The Bertz CT molecular complexity index is 510. The number of halogens is 2. The average molecular weight is 406 g/mol.